The molecule has 0 radical (unpaired) electrons. The summed E-state index contributed by atoms with van der Waals surface area (Å²) in [6, 6.07) is 6.44. The highest BCUT2D eigenvalue weighted by atomic mass is 16.5. The first-order valence-corrected chi connectivity index (χ1v) is 10.3. The highest BCUT2D eigenvalue weighted by Gasteiger charge is 2.12. The predicted molar refractivity (Wildman–Crippen MR) is 130 cm³/mol. The number of phenolic OH excluding ortho intramolecular Hbond substituents is 1. The first kappa shape index (κ1) is 30.0. The zero-order chi connectivity index (χ0) is 24.2. The van der Waals surface area contributed by atoms with Gasteiger partial charge in [0.25, 0.3) is 0 Å². The number of ketones is 1. The van der Waals surface area contributed by atoms with Crippen LogP contribution in [-0.4, -0.2) is 28.2 Å². The first-order valence-electron chi connectivity index (χ1n) is 10.3. The molecule has 0 spiro atoms. The van der Waals surface area contributed by atoms with Gasteiger partial charge in [-0.3, -0.25) is 4.79 Å². The molecule has 0 bridgehead atoms. The van der Waals surface area contributed by atoms with Crippen LogP contribution in [0.25, 0.3) is 6.08 Å². The van der Waals surface area contributed by atoms with Crippen LogP contribution in [0.1, 0.15) is 59.4 Å². The number of methoxy groups -OCH3 is 1. The molecular weight excluding hydrogens is 392 g/mol. The molecule has 0 aliphatic heterocycles. The van der Waals surface area contributed by atoms with Crippen molar-refractivity contribution >= 4 is 11.9 Å². The second kappa shape index (κ2) is 18.8. The Hall–Kier alpha value is -3.21. The SMILES string of the molecule is C=COC.CC.CC/C=C(O)\C(CC=C(C)C)=C(\O)CC(=O)/C=C/c1ccc(O)cc1. The zero-order valence-corrected chi connectivity index (χ0v) is 19.7. The number of aromatic hydroxyl groups is 1. The summed E-state index contributed by atoms with van der Waals surface area (Å²) in [6.45, 7) is 13.0. The van der Waals surface area contributed by atoms with Crippen LogP contribution in [0.5, 0.6) is 5.75 Å². The Labute approximate surface area is 187 Å². The topological polar surface area (TPSA) is 87.0 Å². The second-order valence-corrected chi connectivity index (χ2v) is 6.38. The number of aliphatic hydroxyl groups is 2. The largest absolute Gasteiger partial charge is 0.511 e. The molecule has 0 amide bonds. The molecule has 0 atom stereocenters. The fourth-order valence-electron chi connectivity index (χ4n) is 2.10. The molecule has 1 aromatic carbocycles. The van der Waals surface area contributed by atoms with Gasteiger partial charge in [-0.15, -0.1) is 0 Å². The molecule has 1 aromatic rings. The fraction of sp³-hybridized carbons (Fsp3) is 0.346. The van der Waals surface area contributed by atoms with Crippen LogP contribution in [-0.2, 0) is 9.53 Å². The van der Waals surface area contributed by atoms with Crippen LogP contribution in [0.3, 0.4) is 0 Å². The van der Waals surface area contributed by atoms with Crippen molar-refractivity contribution in [1.82, 2.24) is 0 Å². The lowest BCUT2D eigenvalue weighted by Crippen LogP contribution is -2.01. The van der Waals surface area contributed by atoms with E-state index in [1.165, 1.54) is 24.5 Å². The summed E-state index contributed by atoms with van der Waals surface area (Å²) in [6.07, 6.45) is 8.69. The minimum atomic E-state index is -0.274. The van der Waals surface area contributed by atoms with Crippen molar-refractivity contribution < 1.29 is 24.9 Å². The molecule has 5 heteroatoms. The maximum atomic E-state index is 12.1. The highest BCUT2D eigenvalue weighted by Crippen LogP contribution is 2.20. The van der Waals surface area contributed by atoms with Crippen LogP contribution in [0, 0.1) is 0 Å². The quantitative estimate of drug-likeness (QED) is 0.167. The predicted octanol–water partition coefficient (Wildman–Crippen LogP) is 7.19. The van der Waals surface area contributed by atoms with E-state index in [4.69, 9.17) is 0 Å². The lowest BCUT2D eigenvalue weighted by atomic mass is 10.0. The van der Waals surface area contributed by atoms with Crippen LogP contribution in [0.2, 0.25) is 0 Å². The Kier molecular flexibility index (Phi) is 18.2. The summed E-state index contributed by atoms with van der Waals surface area (Å²) in [4.78, 5) is 12.1. The molecule has 0 heterocycles. The third-order valence-corrected chi connectivity index (χ3v) is 3.63. The third-order valence-electron chi connectivity index (χ3n) is 3.63. The van der Waals surface area contributed by atoms with E-state index in [0.29, 0.717) is 18.4 Å². The number of allylic oxidation sites excluding steroid dienone is 6. The number of hydrogen-bond acceptors (Lipinski definition) is 5. The van der Waals surface area contributed by atoms with Crippen molar-refractivity contribution in [2.75, 3.05) is 7.11 Å². The van der Waals surface area contributed by atoms with E-state index >= 15 is 0 Å². The summed E-state index contributed by atoms with van der Waals surface area (Å²) >= 11 is 0. The zero-order valence-electron chi connectivity index (χ0n) is 19.7. The monoisotopic (exact) mass is 430 g/mol. The van der Waals surface area contributed by atoms with E-state index in [0.717, 1.165) is 11.1 Å². The number of carbonyl (C=O) groups excluding carboxylic acids is 1. The molecule has 172 valence electrons. The summed E-state index contributed by atoms with van der Waals surface area (Å²) in [5.74, 6) is -0.233. The molecule has 0 aliphatic rings. The van der Waals surface area contributed by atoms with Gasteiger partial charge in [0.05, 0.1) is 19.8 Å². The lowest BCUT2D eigenvalue weighted by Gasteiger charge is -2.08. The van der Waals surface area contributed by atoms with Crippen molar-refractivity contribution in [3.8, 4) is 5.75 Å². The van der Waals surface area contributed by atoms with Gasteiger partial charge in [0.15, 0.2) is 5.78 Å². The van der Waals surface area contributed by atoms with E-state index in [2.05, 4.69) is 11.3 Å². The average Bonchev–Trinajstić information content (AvgIpc) is 2.75. The molecule has 31 heavy (non-hydrogen) atoms. The van der Waals surface area contributed by atoms with Crippen molar-refractivity contribution in [2.45, 2.75) is 53.9 Å². The van der Waals surface area contributed by atoms with Crippen LogP contribution in [0.15, 0.2) is 78.0 Å². The summed E-state index contributed by atoms with van der Waals surface area (Å²) in [7, 11) is 1.56. The standard InChI is InChI=1S/C21H26O4.C3H6O.C2H6/c1-4-5-20(24)19(13-6-15(2)3)21(25)14-18(23)12-9-16-7-10-17(22)11-8-16;1-3-4-2;1-2/h5-12,22,24-25H,4,13-14H2,1-3H3;3H,1H2,2H3;1-2H3/b12-9+,20-5+,21-19+;;. The number of aliphatic hydroxyl groups excluding tert-OH is 2. The van der Waals surface area contributed by atoms with E-state index in [1.807, 2.05) is 40.7 Å². The minimum absolute atomic E-state index is 0.00724. The average molecular weight is 431 g/mol. The Bertz CT molecular complexity index is 761. The number of carbonyl (C=O) groups is 1. The Morgan fingerprint density at radius 3 is 2.10 bits per heavy atom. The summed E-state index contributed by atoms with van der Waals surface area (Å²) < 4.78 is 4.31. The summed E-state index contributed by atoms with van der Waals surface area (Å²) in [5, 5.41) is 29.6. The molecule has 1 rings (SSSR count). The molecule has 0 unspecified atom stereocenters. The lowest BCUT2D eigenvalue weighted by molar-refractivity contribution is -0.114. The van der Waals surface area contributed by atoms with Crippen LogP contribution < -0.4 is 0 Å². The van der Waals surface area contributed by atoms with Crippen molar-refractivity contribution in [3.63, 3.8) is 0 Å². The molecule has 3 N–H and O–H groups in total. The Morgan fingerprint density at radius 2 is 1.65 bits per heavy atom. The van der Waals surface area contributed by atoms with Gasteiger partial charge in [-0.05, 0) is 56.5 Å². The molecule has 0 aliphatic carbocycles. The Balaban J connectivity index is 0. The number of phenols is 1. The summed E-state index contributed by atoms with van der Waals surface area (Å²) in [5.41, 5.74) is 2.20. The van der Waals surface area contributed by atoms with Gasteiger partial charge in [-0.2, -0.15) is 0 Å². The van der Waals surface area contributed by atoms with Crippen LogP contribution in [0.4, 0.5) is 0 Å². The smallest absolute Gasteiger partial charge is 0.163 e. The van der Waals surface area contributed by atoms with Gasteiger partial charge in [0.1, 0.15) is 17.3 Å². The molecule has 0 saturated carbocycles. The van der Waals surface area contributed by atoms with Gasteiger partial charge < -0.3 is 20.1 Å². The van der Waals surface area contributed by atoms with Crippen LogP contribution >= 0.6 is 0 Å². The maximum Gasteiger partial charge on any atom is 0.163 e. The molecular formula is C26H38O5. The molecule has 0 fully saturated rings. The van der Waals surface area contributed by atoms with E-state index in [9.17, 15) is 20.1 Å². The number of hydrogen-bond donors (Lipinski definition) is 3. The van der Waals surface area contributed by atoms with Gasteiger partial charge in [-0.25, -0.2) is 0 Å². The van der Waals surface area contributed by atoms with E-state index in [1.54, 1.807) is 31.4 Å². The van der Waals surface area contributed by atoms with E-state index in [-0.39, 0.29) is 29.5 Å². The highest BCUT2D eigenvalue weighted by molar-refractivity contribution is 5.94. The fourth-order valence-corrected chi connectivity index (χ4v) is 2.10. The van der Waals surface area contributed by atoms with Gasteiger partial charge >= 0.3 is 0 Å². The van der Waals surface area contributed by atoms with Crippen molar-refractivity contribution in [2.24, 2.45) is 0 Å². The number of rotatable bonds is 9. The first-order chi connectivity index (χ1) is 14.7. The van der Waals surface area contributed by atoms with Gasteiger partial charge in [-0.1, -0.05) is 57.2 Å². The normalized spacial score (nSPS) is 11.2. The van der Waals surface area contributed by atoms with Gasteiger partial charge in [0, 0.05) is 5.57 Å². The molecule has 0 aromatic heterocycles. The number of ether oxygens (including phenoxy) is 1. The van der Waals surface area contributed by atoms with Crippen molar-refractivity contribution in [3.05, 3.63) is 83.6 Å². The molecule has 0 saturated heterocycles. The van der Waals surface area contributed by atoms with E-state index < -0.39 is 0 Å². The minimum Gasteiger partial charge on any atom is -0.511 e. The number of benzene rings is 1. The Morgan fingerprint density at radius 1 is 1.10 bits per heavy atom. The van der Waals surface area contributed by atoms with Gasteiger partial charge in [0.2, 0.25) is 0 Å². The second-order valence-electron chi connectivity index (χ2n) is 6.38. The third kappa shape index (κ3) is 15.3. The van der Waals surface area contributed by atoms with Crippen molar-refractivity contribution in [1.29, 1.82) is 0 Å². The molecule has 5 nitrogen and oxygen atoms in total. The maximum absolute atomic E-state index is 12.1.